The van der Waals surface area contributed by atoms with Gasteiger partial charge in [-0.05, 0) is 47.5 Å². The predicted octanol–water partition coefficient (Wildman–Crippen LogP) is 3.51. The number of rotatable bonds is 7. The molecule has 0 atom stereocenters. The second kappa shape index (κ2) is 9.15. The van der Waals surface area contributed by atoms with Crippen LogP contribution in [0.4, 0.5) is 0 Å². The molecular weight excluding hydrogens is 420 g/mol. The largest absolute Gasteiger partial charge is 0.495 e. The zero-order chi connectivity index (χ0) is 16.7. The van der Waals surface area contributed by atoms with E-state index in [1.807, 2.05) is 6.07 Å². The van der Waals surface area contributed by atoms with E-state index in [4.69, 9.17) is 14.2 Å². The fourth-order valence-electron chi connectivity index (χ4n) is 1.96. The van der Waals surface area contributed by atoms with E-state index in [-0.39, 0.29) is 19.6 Å². The van der Waals surface area contributed by atoms with Gasteiger partial charge in [0.15, 0.2) is 5.92 Å². The molecule has 0 aromatic heterocycles. The lowest BCUT2D eigenvalue weighted by Gasteiger charge is -2.17. The Morgan fingerprint density at radius 1 is 1.09 bits per heavy atom. The first-order chi connectivity index (χ1) is 10.4. The zero-order valence-corrected chi connectivity index (χ0v) is 15.8. The molecule has 0 radical (unpaired) electrons. The fraction of sp³-hybridized carbons (Fsp3) is 0.467. The average Bonchev–Trinajstić information content (AvgIpc) is 2.44. The van der Waals surface area contributed by atoms with Crippen molar-refractivity contribution in [1.82, 2.24) is 0 Å². The molecule has 0 saturated carbocycles. The van der Waals surface area contributed by atoms with Crippen LogP contribution in [-0.2, 0) is 25.5 Å². The van der Waals surface area contributed by atoms with Crippen molar-refractivity contribution in [2.24, 2.45) is 5.92 Å². The number of carbonyl (C=O) groups is 2. The van der Waals surface area contributed by atoms with E-state index in [0.29, 0.717) is 11.3 Å². The summed E-state index contributed by atoms with van der Waals surface area (Å²) in [5, 5.41) is 0. The standard InChI is InChI=1S/C15H18Br2O5/c1-4-21-14(18)11(15(19)22-5-2)7-9-6-10(16)8-12(17)13(9)20-3/h6,8,11H,4-5,7H2,1-3H3. The number of hydrogen-bond acceptors (Lipinski definition) is 5. The molecule has 0 saturated heterocycles. The van der Waals surface area contributed by atoms with E-state index in [9.17, 15) is 9.59 Å². The average molecular weight is 438 g/mol. The third-order valence-electron chi connectivity index (χ3n) is 2.86. The Morgan fingerprint density at radius 3 is 2.09 bits per heavy atom. The van der Waals surface area contributed by atoms with Gasteiger partial charge in [-0.1, -0.05) is 15.9 Å². The highest BCUT2D eigenvalue weighted by molar-refractivity contribution is 9.11. The van der Waals surface area contributed by atoms with E-state index >= 15 is 0 Å². The summed E-state index contributed by atoms with van der Waals surface area (Å²) in [5.74, 6) is -1.64. The van der Waals surface area contributed by atoms with Crippen molar-refractivity contribution in [3.05, 3.63) is 26.6 Å². The number of hydrogen-bond donors (Lipinski definition) is 0. The Labute approximate surface area is 146 Å². The lowest BCUT2D eigenvalue weighted by atomic mass is 9.98. The Hall–Kier alpha value is -1.08. The lowest BCUT2D eigenvalue weighted by molar-refractivity contribution is -0.161. The van der Waals surface area contributed by atoms with Gasteiger partial charge < -0.3 is 14.2 Å². The predicted molar refractivity (Wildman–Crippen MR) is 88.9 cm³/mol. The number of ether oxygens (including phenoxy) is 3. The highest BCUT2D eigenvalue weighted by atomic mass is 79.9. The molecule has 1 rings (SSSR count). The van der Waals surface area contributed by atoms with E-state index in [1.165, 1.54) is 7.11 Å². The van der Waals surface area contributed by atoms with E-state index < -0.39 is 17.9 Å². The summed E-state index contributed by atoms with van der Waals surface area (Å²) in [5.41, 5.74) is 0.704. The summed E-state index contributed by atoms with van der Waals surface area (Å²) >= 11 is 6.78. The number of carbonyl (C=O) groups excluding carboxylic acids is 2. The van der Waals surface area contributed by atoms with E-state index in [1.54, 1.807) is 19.9 Å². The molecule has 7 heteroatoms. The normalized spacial score (nSPS) is 10.5. The second-order valence-electron chi connectivity index (χ2n) is 4.34. The SMILES string of the molecule is CCOC(=O)C(Cc1cc(Br)cc(Br)c1OC)C(=O)OCC. The van der Waals surface area contributed by atoms with Crippen molar-refractivity contribution in [2.75, 3.05) is 20.3 Å². The first-order valence-electron chi connectivity index (χ1n) is 6.79. The number of esters is 2. The van der Waals surface area contributed by atoms with Crippen LogP contribution in [0.25, 0.3) is 0 Å². The molecule has 0 aliphatic carbocycles. The minimum atomic E-state index is -1.02. The summed E-state index contributed by atoms with van der Waals surface area (Å²) in [6.07, 6.45) is 0.138. The van der Waals surface area contributed by atoms with Gasteiger partial charge in [-0.15, -0.1) is 0 Å². The van der Waals surface area contributed by atoms with Crippen LogP contribution < -0.4 is 4.74 Å². The lowest BCUT2D eigenvalue weighted by Crippen LogP contribution is -2.30. The summed E-state index contributed by atoms with van der Waals surface area (Å²) in [6, 6.07) is 3.63. The minimum Gasteiger partial charge on any atom is -0.495 e. The Bertz CT molecular complexity index is 527. The molecule has 0 unspecified atom stereocenters. The molecule has 122 valence electrons. The quantitative estimate of drug-likeness (QED) is 0.482. The van der Waals surface area contributed by atoms with Gasteiger partial charge in [0.05, 0.1) is 24.8 Å². The van der Waals surface area contributed by atoms with Crippen LogP contribution >= 0.6 is 31.9 Å². The molecule has 0 N–H and O–H groups in total. The number of methoxy groups -OCH3 is 1. The zero-order valence-electron chi connectivity index (χ0n) is 12.7. The van der Waals surface area contributed by atoms with Gasteiger partial charge in [0.25, 0.3) is 0 Å². The monoisotopic (exact) mass is 436 g/mol. The van der Waals surface area contributed by atoms with Crippen LogP contribution in [0.3, 0.4) is 0 Å². The molecule has 0 bridgehead atoms. The van der Waals surface area contributed by atoms with Crippen molar-refractivity contribution < 1.29 is 23.8 Å². The first kappa shape index (κ1) is 19.0. The maximum absolute atomic E-state index is 12.0. The Kier molecular flexibility index (Phi) is 7.89. The van der Waals surface area contributed by atoms with Crippen LogP contribution in [0, 0.1) is 5.92 Å². The van der Waals surface area contributed by atoms with E-state index in [0.717, 1.165) is 8.95 Å². The van der Waals surface area contributed by atoms with Crippen molar-refractivity contribution >= 4 is 43.8 Å². The molecule has 5 nitrogen and oxygen atoms in total. The number of halogens is 2. The van der Waals surface area contributed by atoms with Crippen molar-refractivity contribution in [2.45, 2.75) is 20.3 Å². The van der Waals surface area contributed by atoms with Crippen LogP contribution in [-0.4, -0.2) is 32.3 Å². The van der Waals surface area contributed by atoms with Gasteiger partial charge in [0.1, 0.15) is 5.75 Å². The molecule has 0 aliphatic rings. The molecule has 0 amide bonds. The molecule has 0 fully saturated rings. The van der Waals surface area contributed by atoms with Crippen LogP contribution in [0.15, 0.2) is 21.1 Å². The maximum Gasteiger partial charge on any atom is 0.320 e. The van der Waals surface area contributed by atoms with Crippen LogP contribution in [0.1, 0.15) is 19.4 Å². The third kappa shape index (κ3) is 4.98. The van der Waals surface area contributed by atoms with Crippen molar-refractivity contribution in [3.63, 3.8) is 0 Å². The summed E-state index contributed by atoms with van der Waals surface area (Å²) in [4.78, 5) is 24.1. The summed E-state index contributed by atoms with van der Waals surface area (Å²) in [6.45, 7) is 3.79. The number of benzene rings is 1. The van der Waals surface area contributed by atoms with Crippen molar-refractivity contribution in [3.8, 4) is 5.75 Å². The second-order valence-corrected chi connectivity index (χ2v) is 6.11. The fourth-order valence-corrected chi connectivity index (χ4v) is 3.44. The molecular formula is C15H18Br2O5. The van der Waals surface area contributed by atoms with Crippen LogP contribution in [0.2, 0.25) is 0 Å². The maximum atomic E-state index is 12.0. The van der Waals surface area contributed by atoms with Gasteiger partial charge in [-0.3, -0.25) is 9.59 Å². The van der Waals surface area contributed by atoms with Gasteiger partial charge in [-0.2, -0.15) is 0 Å². The molecule has 22 heavy (non-hydrogen) atoms. The smallest absolute Gasteiger partial charge is 0.320 e. The molecule has 1 aromatic rings. The first-order valence-corrected chi connectivity index (χ1v) is 8.38. The molecule has 0 spiro atoms. The highest BCUT2D eigenvalue weighted by Gasteiger charge is 2.31. The van der Waals surface area contributed by atoms with Gasteiger partial charge in [0.2, 0.25) is 0 Å². The topological polar surface area (TPSA) is 61.8 Å². The van der Waals surface area contributed by atoms with Gasteiger partial charge in [0, 0.05) is 10.9 Å². The van der Waals surface area contributed by atoms with Crippen molar-refractivity contribution in [1.29, 1.82) is 0 Å². The summed E-state index contributed by atoms with van der Waals surface area (Å²) < 4.78 is 16.8. The Balaban J connectivity index is 3.13. The van der Waals surface area contributed by atoms with E-state index in [2.05, 4.69) is 31.9 Å². The van der Waals surface area contributed by atoms with Crippen LogP contribution in [0.5, 0.6) is 5.75 Å². The van der Waals surface area contributed by atoms with Gasteiger partial charge in [-0.25, -0.2) is 0 Å². The minimum absolute atomic E-state index is 0.138. The summed E-state index contributed by atoms with van der Waals surface area (Å²) in [7, 11) is 1.53. The molecule has 0 heterocycles. The third-order valence-corrected chi connectivity index (χ3v) is 3.90. The van der Waals surface area contributed by atoms with Gasteiger partial charge >= 0.3 is 11.9 Å². The highest BCUT2D eigenvalue weighted by Crippen LogP contribution is 2.34. The molecule has 0 aliphatic heterocycles. The Morgan fingerprint density at radius 2 is 1.64 bits per heavy atom. The molecule has 1 aromatic carbocycles.